The Kier molecular flexibility index (Phi) is 4.81. The second-order valence-corrected chi connectivity index (χ2v) is 12.1. The number of epoxide rings is 1. The van der Waals surface area contributed by atoms with Gasteiger partial charge in [0.1, 0.15) is 17.5 Å². The highest BCUT2D eigenvalue weighted by molar-refractivity contribution is 5.93. The molecule has 0 amide bonds. The van der Waals surface area contributed by atoms with Gasteiger partial charge in [-0.3, -0.25) is 9.59 Å². The number of aliphatic hydroxyl groups is 1. The Labute approximate surface area is 199 Å². The summed E-state index contributed by atoms with van der Waals surface area (Å²) in [6.45, 7) is 9.34. The number of carbonyl (C=O) groups is 3. The molecule has 0 bridgehead atoms. The Balaban J connectivity index is 1.65. The molecule has 0 aromatic carbocycles. The lowest BCUT2D eigenvalue weighted by molar-refractivity contribution is -0.222. The molecule has 2 aliphatic heterocycles. The van der Waals surface area contributed by atoms with Crippen molar-refractivity contribution in [3.8, 4) is 0 Å². The van der Waals surface area contributed by atoms with E-state index in [0.29, 0.717) is 19.3 Å². The maximum Gasteiger partial charge on any atom is 0.339 e. The van der Waals surface area contributed by atoms with Crippen LogP contribution >= 0.6 is 0 Å². The predicted octanol–water partition coefficient (Wildman–Crippen LogP) is 3.67. The summed E-state index contributed by atoms with van der Waals surface area (Å²) in [7, 11) is 0. The van der Waals surface area contributed by atoms with Crippen LogP contribution in [0.15, 0.2) is 23.0 Å². The van der Waals surface area contributed by atoms with E-state index in [1.165, 1.54) is 6.26 Å². The molecular formula is C26H34O8. The zero-order valence-electron chi connectivity index (χ0n) is 20.4. The highest BCUT2D eigenvalue weighted by atomic mass is 16.7. The lowest BCUT2D eigenvalue weighted by Crippen LogP contribution is -2.71. The van der Waals surface area contributed by atoms with Crippen LogP contribution in [0.2, 0.25) is 0 Å². The standard InChI is InChI=1S/C26H34O8/c1-22(2,31)16-12-17(27)25(5)15(23(16,3)9-7-18(28)29)6-10-24(4)19(14-8-11-32-13-14)33-21(30)20-26(24,25)34-20/h8,11,13,15-16,19-20,31H,6-7,9-10,12H2,1-5H3,(H,28,29)/t15-,16+,19+,20-,23-,24+,25+,26-/m1/s1. The van der Waals surface area contributed by atoms with Crippen LogP contribution in [-0.4, -0.2) is 45.2 Å². The Bertz CT molecular complexity index is 1040. The average molecular weight is 475 g/mol. The first-order valence-corrected chi connectivity index (χ1v) is 12.1. The monoisotopic (exact) mass is 474 g/mol. The SMILES string of the molecule is CC(C)(O)[C@@H]1CC(=O)[C@]2(C)[C@H](CC[C@@]3(C)[C@H](c4ccoc4)OC(=O)[C@H]4O[C@]432)[C@@]1(C)CCC(=O)O. The van der Waals surface area contributed by atoms with E-state index in [1.807, 2.05) is 20.8 Å². The Morgan fingerprint density at radius 3 is 2.50 bits per heavy atom. The van der Waals surface area contributed by atoms with Gasteiger partial charge in [0.15, 0.2) is 6.10 Å². The smallest absolute Gasteiger partial charge is 0.339 e. The molecule has 1 aromatic rings. The minimum Gasteiger partial charge on any atom is -0.481 e. The molecule has 8 nitrogen and oxygen atoms in total. The van der Waals surface area contributed by atoms with Crippen LogP contribution in [-0.2, 0) is 23.9 Å². The van der Waals surface area contributed by atoms with Crippen LogP contribution < -0.4 is 0 Å². The normalized spacial score (nSPS) is 45.6. The molecule has 0 radical (unpaired) electrons. The molecule has 3 heterocycles. The van der Waals surface area contributed by atoms with Gasteiger partial charge in [0.25, 0.3) is 0 Å². The van der Waals surface area contributed by atoms with Crippen molar-refractivity contribution in [3.63, 3.8) is 0 Å². The molecule has 8 atom stereocenters. The first kappa shape index (κ1) is 23.5. The van der Waals surface area contributed by atoms with Crippen LogP contribution in [0.1, 0.15) is 78.4 Å². The number of cyclic esters (lactones) is 1. The summed E-state index contributed by atoms with van der Waals surface area (Å²) in [4.78, 5) is 38.7. The number of ether oxygens (including phenoxy) is 2. The first-order valence-electron chi connectivity index (χ1n) is 12.1. The van der Waals surface area contributed by atoms with Crippen LogP contribution in [0.5, 0.6) is 0 Å². The maximum atomic E-state index is 14.1. The molecular weight excluding hydrogens is 440 g/mol. The molecule has 2 aliphatic carbocycles. The van der Waals surface area contributed by atoms with Gasteiger partial charge in [-0.05, 0) is 63.4 Å². The molecule has 8 heteroatoms. The van der Waals surface area contributed by atoms with Crippen molar-refractivity contribution in [2.45, 2.75) is 90.1 Å². The van der Waals surface area contributed by atoms with Gasteiger partial charge in [0.2, 0.25) is 0 Å². The molecule has 186 valence electrons. The molecule has 4 fully saturated rings. The number of hydrogen-bond donors (Lipinski definition) is 2. The predicted molar refractivity (Wildman–Crippen MR) is 118 cm³/mol. The number of furan rings is 1. The second kappa shape index (κ2) is 6.94. The lowest BCUT2D eigenvalue weighted by atomic mass is 9.37. The summed E-state index contributed by atoms with van der Waals surface area (Å²) in [5.41, 5.74) is -3.81. The van der Waals surface area contributed by atoms with Crippen molar-refractivity contribution in [2.75, 3.05) is 0 Å². The number of carboxylic acids is 1. The zero-order valence-corrected chi connectivity index (χ0v) is 20.4. The molecule has 2 saturated heterocycles. The van der Waals surface area contributed by atoms with Crippen molar-refractivity contribution in [1.82, 2.24) is 0 Å². The molecule has 5 rings (SSSR count). The average Bonchev–Trinajstić information content (AvgIpc) is 3.31. The minimum atomic E-state index is -1.17. The first-order chi connectivity index (χ1) is 15.7. The third-order valence-electron chi connectivity index (χ3n) is 10.0. The number of Topliss-reactive ketones (excluding diaryl/α,β-unsaturated/α-hetero) is 1. The highest BCUT2D eigenvalue weighted by Gasteiger charge is 2.88. The van der Waals surface area contributed by atoms with Crippen molar-refractivity contribution >= 4 is 17.7 Å². The lowest BCUT2D eigenvalue weighted by Gasteiger charge is -2.65. The van der Waals surface area contributed by atoms with Gasteiger partial charge in [-0.25, -0.2) is 4.79 Å². The number of carbonyl (C=O) groups excluding carboxylic acids is 2. The Hall–Kier alpha value is -2.19. The summed E-state index contributed by atoms with van der Waals surface area (Å²) in [5, 5.41) is 20.6. The van der Waals surface area contributed by atoms with E-state index in [0.717, 1.165) is 5.56 Å². The molecule has 1 spiro atoms. The summed E-state index contributed by atoms with van der Waals surface area (Å²) >= 11 is 0. The number of esters is 1. The van der Waals surface area contributed by atoms with Gasteiger partial charge in [0, 0.05) is 23.8 Å². The van der Waals surface area contributed by atoms with Crippen molar-refractivity contribution < 1.29 is 38.5 Å². The zero-order chi connectivity index (χ0) is 24.9. The summed E-state index contributed by atoms with van der Waals surface area (Å²) in [5.74, 6) is -2.09. The maximum absolute atomic E-state index is 14.1. The minimum absolute atomic E-state index is 0.0357. The topological polar surface area (TPSA) is 127 Å². The summed E-state index contributed by atoms with van der Waals surface area (Å²) in [6, 6.07) is 1.78. The van der Waals surface area contributed by atoms with Crippen molar-refractivity contribution in [1.29, 1.82) is 0 Å². The van der Waals surface area contributed by atoms with Crippen molar-refractivity contribution in [2.24, 2.45) is 28.1 Å². The number of carboxylic acid groups (broad SMARTS) is 1. The van der Waals surface area contributed by atoms with E-state index in [9.17, 15) is 24.6 Å². The van der Waals surface area contributed by atoms with E-state index < -0.39 is 57.5 Å². The van der Waals surface area contributed by atoms with Gasteiger partial charge in [0.05, 0.1) is 23.5 Å². The van der Waals surface area contributed by atoms with Crippen LogP contribution in [0.3, 0.4) is 0 Å². The number of hydrogen-bond acceptors (Lipinski definition) is 7. The quantitative estimate of drug-likeness (QED) is 0.489. The fraction of sp³-hybridized carbons (Fsp3) is 0.731. The van der Waals surface area contributed by atoms with Crippen LogP contribution in [0.4, 0.5) is 0 Å². The van der Waals surface area contributed by atoms with E-state index in [4.69, 9.17) is 13.9 Å². The van der Waals surface area contributed by atoms with Gasteiger partial charge in [-0.2, -0.15) is 0 Å². The highest BCUT2D eigenvalue weighted by Crippen LogP contribution is 2.78. The second-order valence-electron chi connectivity index (χ2n) is 12.1. The molecule has 4 aliphatic rings. The van der Waals surface area contributed by atoms with Crippen LogP contribution in [0.25, 0.3) is 0 Å². The van der Waals surface area contributed by atoms with E-state index in [2.05, 4.69) is 0 Å². The van der Waals surface area contributed by atoms with Crippen LogP contribution in [0, 0.1) is 28.1 Å². The molecule has 1 aromatic heterocycles. The Morgan fingerprint density at radius 2 is 1.91 bits per heavy atom. The van der Waals surface area contributed by atoms with Gasteiger partial charge in [-0.15, -0.1) is 0 Å². The largest absolute Gasteiger partial charge is 0.481 e. The molecule has 0 unspecified atom stereocenters. The van der Waals surface area contributed by atoms with E-state index in [-0.39, 0.29) is 24.5 Å². The summed E-state index contributed by atoms with van der Waals surface area (Å²) in [6.07, 6.45) is 3.29. The number of aliphatic carboxylic acids is 1. The van der Waals surface area contributed by atoms with E-state index in [1.54, 1.807) is 26.2 Å². The number of fused-ring (bicyclic) bond motifs is 1. The fourth-order valence-corrected chi connectivity index (χ4v) is 8.50. The molecule has 2 N–H and O–H groups in total. The molecule has 34 heavy (non-hydrogen) atoms. The van der Waals surface area contributed by atoms with E-state index >= 15 is 0 Å². The number of ketones is 1. The van der Waals surface area contributed by atoms with Gasteiger partial charge < -0.3 is 24.1 Å². The summed E-state index contributed by atoms with van der Waals surface area (Å²) < 4.78 is 17.4. The third kappa shape index (κ3) is 2.70. The van der Waals surface area contributed by atoms with Gasteiger partial charge >= 0.3 is 11.9 Å². The van der Waals surface area contributed by atoms with Gasteiger partial charge in [-0.1, -0.05) is 13.8 Å². The third-order valence-corrected chi connectivity index (χ3v) is 10.0. The molecule has 2 saturated carbocycles. The Morgan fingerprint density at radius 1 is 1.21 bits per heavy atom. The van der Waals surface area contributed by atoms with Crippen molar-refractivity contribution in [3.05, 3.63) is 24.2 Å². The fourth-order valence-electron chi connectivity index (χ4n) is 8.50. The number of rotatable bonds is 5.